The maximum absolute atomic E-state index is 12.8. The molecule has 26 heavy (non-hydrogen) atoms. The molecule has 0 atom stereocenters. The number of hydrogen-bond acceptors (Lipinski definition) is 5. The third-order valence-electron chi connectivity index (χ3n) is 4.61. The number of likely N-dealkylation sites (tertiary alicyclic amines) is 1. The van der Waals surface area contributed by atoms with Crippen LogP contribution in [0.4, 0.5) is 5.82 Å². The van der Waals surface area contributed by atoms with Crippen molar-refractivity contribution in [3.63, 3.8) is 0 Å². The molecule has 2 aromatic heterocycles. The molecule has 7 heteroatoms. The monoisotopic (exact) mass is 348 g/mol. The standard InChI is InChI=1S/C19H20N6O/c26-19(15-4-3-5-17(12-15)25-13-21-22-14-25)24-10-7-16(8-11-24)23-18-6-1-2-9-20-18/h1-6,9,12-14,16H,7-8,10-11H2,(H,20,23). The van der Waals surface area contributed by atoms with Crippen LogP contribution in [0.25, 0.3) is 5.69 Å². The van der Waals surface area contributed by atoms with Crippen molar-refractivity contribution >= 4 is 11.7 Å². The Hall–Kier alpha value is -3.22. The minimum atomic E-state index is 0.0659. The molecule has 0 saturated carbocycles. The SMILES string of the molecule is O=C(c1cccc(-n2cnnc2)c1)N1CCC(Nc2ccccn2)CC1. The molecule has 4 rings (SSSR count). The van der Waals surface area contributed by atoms with Gasteiger partial charge in [-0.25, -0.2) is 4.98 Å². The van der Waals surface area contributed by atoms with Crippen molar-refractivity contribution in [2.75, 3.05) is 18.4 Å². The number of hydrogen-bond donors (Lipinski definition) is 1. The summed E-state index contributed by atoms with van der Waals surface area (Å²) in [5.41, 5.74) is 1.57. The van der Waals surface area contributed by atoms with Crippen LogP contribution in [0.15, 0.2) is 61.3 Å². The van der Waals surface area contributed by atoms with E-state index in [1.165, 1.54) is 0 Å². The summed E-state index contributed by atoms with van der Waals surface area (Å²) < 4.78 is 1.79. The van der Waals surface area contributed by atoms with Gasteiger partial charge in [0.25, 0.3) is 5.91 Å². The van der Waals surface area contributed by atoms with E-state index in [0.717, 1.165) is 37.4 Å². The molecule has 0 spiro atoms. The average Bonchev–Trinajstić information content (AvgIpc) is 3.24. The Morgan fingerprint density at radius 2 is 1.85 bits per heavy atom. The molecule has 0 unspecified atom stereocenters. The molecule has 7 nitrogen and oxygen atoms in total. The molecule has 1 aliphatic rings. The van der Waals surface area contributed by atoms with Crippen molar-refractivity contribution in [3.05, 3.63) is 66.9 Å². The smallest absolute Gasteiger partial charge is 0.253 e. The highest BCUT2D eigenvalue weighted by Crippen LogP contribution is 2.18. The van der Waals surface area contributed by atoms with Gasteiger partial charge in [-0.3, -0.25) is 9.36 Å². The molecule has 1 fully saturated rings. The van der Waals surface area contributed by atoms with Crippen molar-refractivity contribution in [3.8, 4) is 5.69 Å². The predicted octanol–water partition coefficient (Wildman–Crippen LogP) is 2.38. The van der Waals surface area contributed by atoms with Gasteiger partial charge in [-0.05, 0) is 43.2 Å². The molecule has 1 aliphatic heterocycles. The van der Waals surface area contributed by atoms with Crippen molar-refractivity contribution in [1.82, 2.24) is 24.6 Å². The number of benzene rings is 1. The fourth-order valence-electron chi connectivity index (χ4n) is 3.20. The van der Waals surface area contributed by atoms with Gasteiger partial charge < -0.3 is 10.2 Å². The van der Waals surface area contributed by atoms with Crippen LogP contribution in [-0.2, 0) is 0 Å². The second kappa shape index (κ2) is 7.35. The molecule has 1 aromatic carbocycles. The third-order valence-corrected chi connectivity index (χ3v) is 4.61. The number of carbonyl (C=O) groups is 1. The van der Waals surface area contributed by atoms with Crippen molar-refractivity contribution in [1.29, 1.82) is 0 Å². The first-order chi connectivity index (χ1) is 12.8. The van der Waals surface area contributed by atoms with E-state index in [1.54, 1.807) is 23.4 Å². The van der Waals surface area contributed by atoms with Crippen LogP contribution in [0.2, 0.25) is 0 Å². The number of pyridine rings is 1. The first-order valence-electron chi connectivity index (χ1n) is 8.71. The average molecular weight is 348 g/mol. The van der Waals surface area contributed by atoms with E-state index < -0.39 is 0 Å². The van der Waals surface area contributed by atoms with E-state index >= 15 is 0 Å². The molecular weight excluding hydrogens is 328 g/mol. The van der Waals surface area contributed by atoms with Gasteiger partial charge in [-0.2, -0.15) is 0 Å². The van der Waals surface area contributed by atoms with Crippen molar-refractivity contribution in [2.24, 2.45) is 0 Å². The second-order valence-electron chi connectivity index (χ2n) is 6.35. The van der Waals surface area contributed by atoms with Gasteiger partial charge in [0.05, 0.1) is 0 Å². The lowest BCUT2D eigenvalue weighted by Gasteiger charge is -2.32. The van der Waals surface area contributed by atoms with Crippen LogP contribution in [-0.4, -0.2) is 49.7 Å². The summed E-state index contributed by atoms with van der Waals surface area (Å²) >= 11 is 0. The minimum Gasteiger partial charge on any atom is -0.367 e. The van der Waals surface area contributed by atoms with Gasteiger partial charge in [-0.15, -0.1) is 10.2 Å². The van der Waals surface area contributed by atoms with E-state index in [4.69, 9.17) is 0 Å². The summed E-state index contributed by atoms with van der Waals surface area (Å²) in [6.07, 6.45) is 6.85. The zero-order valence-corrected chi connectivity index (χ0v) is 14.3. The molecule has 0 radical (unpaired) electrons. The Labute approximate surface area is 151 Å². The van der Waals surface area contributed by atoms with Crippen LogP contribution >= 0.6 is 0 Å². The molecule has 1 N–H and O–H groups in total. The predicted molar refractivity (Wildman–Crippen MR) is 98.1 cm³/mol. The normalized spacial score (nSPS) is 15.0. The van der Waals surface area contributed by atoms with Gasteiger partial charge in [0, 0.05) is 36.6 Å². The lowest BCUT2D eigenvalue weighted by molar-refractivity contribution is 0.0718. The number of carbonyl (C=O) groups excluding carboxylic acids is 1. The molecule has 0 bridgehead atoms. The largest absolute Gasteiger partial charge is 0.367 e. The topological polar surface area (TPSA) is 75.9 Å². The first kappa shape index (κ1) is 16.3. The van der Waals surface area contributed by atoms with Crippen molar-refractivity contribution < 1.29 is 4.79 Å². The van der Waals surface area contributed by atoms with Crippen molar-refractivity contribution in [2.45, 2.75) is 18.9 Å². The quantitative estimate of drug-likeness (QED) is 0.783. The second-order valence-corrected chi connectivity index (χ2v) is 6.35. The van der Waals surface area contributed by atoms with Gasteiger partial charge in [0.2, 0.25) is 0 Å². The van der Waals surface area contributed by atoms with Gasteiger partial charge in [0.1, 0.15) is 18.5 Å². The summed E-state index contributed by atoms with van der Waals surface area (Å²) in [6, 6.07) is 13.7. The molecule has 1 saturated heterocycles. The highest BCUT2D eigenvalue weighted by Gasteiger charge is 2.24. The van der Waals surface area contributed by atoms with Gasteiger partial charge >= 0.3 is 0 Å². The minimum absolute atomic E-state index is 0.0659. The molecule has 3 aromatic rings. The molecule has 0 aliphatic carbocycles. The zero-order chi connectivity index (χ0) is 17.8. The Morgan fingerprint density at radius 1 is 1.04 bits per heavy atom. The highest BCUT2D eigenvalue weighted by atomic mass is 16.2. The number of nitrogens with zero attached hydrogens (tertiary/aromatic N) is 5. The number of piperidine rings is 1. The highest BCUT2D eigenvalue weighted by molar-refractivity contribution is 5.94. The maximum atomic E-state index is 12.8. The Balaban J connectivity index is 1.39. The summed E-state index contributed by atoms with van der Waals surface area (Å²) in [5, 5.41) is 11.1. The first-order valence-corrected chi connectivity index (χ1v) is 8.71. The fraction of sp³-hybridized carbons (Fsp3) is 0.263. The summed E-state index contributed by atoms with van der Waals surface area (Å²) in [7, 11) is 0. The van der Waals surface area contributed by atoms with E-state index in [9.17, 15) is 4.79 Å². The van der Waals surface area contributed by atoms with E-state index in [2.05, 4.69) is 20.5 Å². The van der Waals surface area contributed by atoms with E-state index in [0.29, 0.717) is 11.6 Å². The Bertz CT molecular complexity index is 857. The van der Waals surface area contributed by atoms with Gasteiger partial charge in [-0.1, -0.05) is 12.1 Å². The van der Waals surface area contributed by atoms with Gasteiger partial charge in [0.15, 0.2) is 0 Å². The zero-order valence-electron chi connectivity index (χ0n) is 14.3. The molecule has 1 amide bonds. The molecule has 132 valence electrons. The number of aromatic nitrogens is 4. The van der Waals surface area contributed by atoms with Crippen LogP contribution in [0.1, 0.15) is 23.2 Å². The summed E-state index contributed by atoms with van der Waals surface area (Å²) in [5.74, 6) is 0.954. The summed E-state index contributed by atoms with van der Waals surface area (Å²) in [6.45, 7) is 1.47. The number of rotatable bonds is 4. The fourth-order valence-corrected chi connectivity index (χ4v) is 3.20. The lowest BCUT2D eigenvalue weighted by Crippen LogP contribution is -2.42. The number of nitrogens with one attached hydrogen (secondary N) is 1. The number of anilines is 1. The third kappa shape index (κ3) is 3.56. The summed E-state index contributed by atoms with van der Waals surface area (Å²) in [4.78, 5) is 19.1. The Kier molecular flexibility index (Phi) is 4.59. The van der Waals surface area contributed by atoms with Crippen LogP contribution < -0.4 is 5.32 Å². The molecule has 3 heterocycles. The van der Waals surface area contributed by atoms with Crippen LogP contribution in [0, 0.1) is 0 Å². The van der Waals surface area contributed by atoms with E-state index in [1.807, 2.05) is 47.4 Å². The molecular formula is C19H20N6O. The Morgan fingerprint density at radius 3 is 2.58 bits per heavy atom. The lowest BCUT2D eigenvalue weighted by atomic mass is 10.0. The van der Waals surface area contributed by atoms with E-state index in [-0.39, 0.29) is 5.91 Å². The van der Waals surface area contributed by atoms with Crippen LogP contribution in [0.5, 0.6) is 0 Å². The maximum Gasteiger partial charge on any atom is 0.253 e. The number of amides is 1. The van der Waals surface area contributed by atoms with Crippen LogP contribution in [0.3, 0.4) is 0 Å².